The van der Waals surface area contributed by atoms with E-state index in [-0.39, 0.29) is 0 Å². The Morgan fingerprint density at radius 1 is 1.19 bits per heavy atom. The van der Waals surface area contributed by atoms with E-state index in [1.165, 1.54) is 16.7 Å². The van der Waals surface area contributed by atoms with Gasteiger partial charge in [0.05, 0.1) is 13.7 Å². The van der Waals surface area contributed by atoms with E-state index in [4.69, 9.17) is 9.47 Å². The van der Waals surface area contributed by atoms with Crippen LogP contribution in [0.4, 0.5) is 0 Å². The van der Waals surface area contributed by atoms with Crippen molar-refractivity contribution in [2.24, 2.45) is 0 Å². The first-order valence-corrected chi connectivity index (χ1v) is 8.20. The van der Waals surface area contributed by atoms with Gasteiger partial charge in [-0.3, -0.25) is 0 Å². The molecular formula is C18H19BrO2. The predicted molar refractivity (Wildman–Crippen MR) is 88.6 cm³/mol. The van der Waals surface area contributed by atoms with Gasteiger partial charge in [-0.1, -0.05) is 40.2 Å². The summed E-state index contributed by atoms with van der Waals surface area (Å²) >= 11 is 3.81. The molecule has 0 spiro atoms. The largest absolute Gasteiger partial charge is 0.497 e. The fourth-order valence-electron chi connectivity index (χ4n) is 2.65. The Morgan fingerprint density at radius 3 is 2.76 bits per heavy atom. The monoisotopic (exact) mass is 346 g/mol. The number of methoxy groups -OCH3 is 1. The van der Waals surface area contributed by atoms with Crippen molar-refractivity contribution in [2.75, 3.05) is 13.7 Å². The number of ether oxygens (including phenoxy) is 2. The average Bonchev–Trinajstić information content (AvgIpc) is 3.00. The fraction of sp³-hybridized carbons (Fsp3) is 0.333. The minimum atomic E-state index is 0.380. The summed E-state index contributed by atoms with van der Waals surface area (Å²) in [6, 6.07) is 14.8. The summed E-state index contributed by atoms with van der Waals surface area (Å²) in [5.41, 5.74) is 4.01. The normalized spacial score (nSPS) is 14.4. The van der Waals surface area contributed by atoms with Crippen molar-refractivity contribution in [3.05, 3.63) is 59.2 Å². The van der Waals surface area contributed by atoms with Gasteiger partial charge in [0.15, 0.2) is 0 Å². The molecule has 3 heteroatoms. The number of fused-ring (bicyclic) bond motifs is 1. The van der Waals surface area contributed by atoms with Gasteiger partial charge in [0.2, 0.25) is 0 Å². The van der Waals surface area contributed by atoms with E-state index >= 15 is 0 Å². The molecule has 2 nitrogen and oxygen atoms in total. The van der Waals surface area contributed by atoms with Gasteiger partial charge in [-0.2, -0.15) is 0 Å². The standard InChI is InChI=1S/C18H19BrO2/c1-20-16-6-2-13(3-7-16)4-8-17(19)14-5-9-18-15(12-14)10-11-21-18/h2-3,5-7,9,12,17H,4,8,10-11H2,1H3. The molecule has 21 heavy (non-hydrogen) atoms. The third-order valence-electron chi connectivity index (χ3n) is 3.92. The Labute approximate surface area is 134 Å². The van der Waals surface area contributed by atoms with Crippen LogP contribution in [0.15, 0.2) is 42.5 Å². The number of benzene rings is 2. The minimum Gasteiger partial charge on any atom is -0.497 e. The van der Waals surface area contributed by atoms with E-state index in [0.717, 1.165) is 37.4 Å². The first-order valence-electron chi connectivity index (χ1n) is 7.29. The van der Waals surface area contributed by atoms with Crippen LogP contribution >= 0.6 is 15.9 Å². The zero-order valence-corrected chi connectivity index (χ0v) is 13.7. The molecule has 1 atom stereocenters. The van der Waals surface area contributed by atoms with Crippen molar-refractivity contribution < 1.29 is 9.47 Å². The van der Waals surface area contributed by atoms with Crippen LogP contribution < -0.4 is 9.47 Å². The number of hydrogen-bond acceptors (Lipinski definition) is 2. The fourth-order valence-corrected chi connectivity index (χ4v) is 3.17. The lowest BCUT2D eigenvalue weighted by molar-refractivity contribution is 0.357. The van der Waals surface area contributed by atoms with Gasteiger partial charge in [0.1, 0.15) is 11.5 Å². The van der Waals surface area contributed by atoms with Crippen LogP contribution in [0.3, 0.4) is 0 Å². The molecule has 0 saturated carbocycles. The molecule has 0 aliphatic carbocycles. The zero-order chi connectivity index (χ0) is 14.7. The molecule has 0 N–H and O–H groups in total. The molecule has 110 valence electrons. The quantitative estimate of drug-likeness (QED) is 0.730. The highest BCUT2D eigenvalue weighted by molar-refractivity contribution is 9.09. The summed E-state index contributed by atoms with van der Waals surface area (Å²) in [6.07, 6.45) is 3.15. The third kappa shape index (κ3) is 3.41. The maximum absolute atomic E-state index is 5.56. The van der Waals surface area contributed by atoms with E-state index in [2.05, 4.69) is 46.3 Å². The van der Waals surface area contributed by atoms with Crippen molar-refractivity contribution in [3.63, 3.8) is 0 Å². The maximum Gasteiger partial charge on any atom is 0.122 e. The lowest BCUT2D eigenvalue weighted by Gasteiger charge is -2.12. The third-order valence-corrected chi connectivity index (χ3v) is 4.91. The molecule has 0 aromatic heterocycles. The van der Waals surface area contributed by atoms with E-state index in [1.807, 2.05) is 12.1 Å². The molecule has 1 aliphatic rings. The summed E-state index contributed by atoms with van der Waals surface area (Å²) in [6.45, 7) is 0.817. The molecule has 1 unspecified atom stereocenters. The van der Waals surface area contributed by atoms with Crippen molar-refractivity contribution in [1.82, 2.24) is 0 Å². The lowest BCUT2D eigenvalue weighted by atomic mass is 10.0. The van der Waals surface area contributed by atoms with Gasteiger partial charge in [-0.15, -0.1) is 0 Å². The maximum atomic E-state index is 5.56. The van der Waals surface area contributed by atoms with Crippen LogP contribution in [0.5, 0.6) is 11.5 Å². The minimum absolute atomic E-state index is 0.380. The summed E-state index contributed by atoms with van der Waals surface area (Å²) < 4.78 is 10.7. The molecule has 1 aliphatic heterocycles. The zero-order valence-electron chi connectivity index (χ0n) is 12.1. The highest BCUT2D eigenvalue weighted by atomic mass is 79.9. The first kappa shape index (κ1) is 14.5. The van der Waals surface area contributed by atoms with E-state index in [1.54, 1.807) is 7.11 Å². The summed E-state index contributed by atoms with van der Waals surface area (Å²) in [5, 5.41) is 0. The number of rotatable bonds is 5. The molecular weight excluding hydrogens is 328 g/mol. The molecule has 0 radical (unpaired) electrons. The van der Waals surface area contributed by atoms with E-state index in [0.29, 0.717) is 4.83 Å². The van der Waals surface area contributed by atoms with Crippen LogP contribution in [0.25, 0.3) is 0 Å². The van der Waals surface area contributed by atoms with Gasteiger partial charge >= 0.3 is 0 Å². The van der Waals surface area contributed by atoms with E-state index < -0.39 is 0 Å². The van der Waals surface area contributed by atoms with Crippen molar-refractivity contribution in [3.8, 4) is 11.5 Å². The predicted octanol–water partition coefficient (Wildman–Crippen LogP) is 4.70. The summed E-state index contributed by atoms with van der Waals surface area (Å²) in [5.74, 6) is 1.96. The van der Waals surface area contributed by atoms with Crippen molar-refractivity contribution in [1.29, 1.82) is 0 Å². The van der Waals surface area contributed by atoms with Crippen LogP contribution in [-0.4, -0.2) is 13.7 Å². The highest BCUT2D eigenvalue weighted by Crippen LogP contribution is 2.33. The van der Waals surface area contributed by atoms with Crippen LogP contribution in [0.2, 0.25) is 0 Å². The van der Waals surface area contributed by atoms with E-state index in [9.17, 15) is 0 Å². The molecule has 1 heterocycles. The Bertz CT molecular complexity index is 607. The second kappa shape index (κ2) is 6.52. The molecule has 0 amide bonds. The van der Waals surface area contributed by atoms with Gasteiger partial charge in [-0.05, 0) is 47.7 Å². The smallest absolute Gasteiger partial charge is 0.122 e. The van der Waals surface area contributed by atoms with Crippen LogP contribution in [0, 0.1) is 0 Å². The lowest BCUT2D eigenvalue weighted by Crippen LogP contribution is -1.95. The highest BCUT2D eigenvalue weighted by Gasteiger charge is 2.15. The van der Waals surface area contributed by atoms with Crippen LogP contribution in [0.1, 0.15) is 27.9 Å². The second-order valence-corrected chi connectivity index (χ2v) is 6.43. The molecule has 0 saturated heterocycles. The number of alkyl halides is 1. The molecule has 0 bridgehead atoms. The number of aryl methyl sites for hydroxylation is 1. The summed E-state index contributed by atoms with van der Waals surface area (Å²) in [4.78, 5) is 0.380. The van der Waals surface area contributed by atoms with Gasteiger partial charge in [-0.25, -0.2) is 0 Å². The van der Waals surface area contributed by atoms with Crippen LogP contribution in [-0.2, 0) is 12.8 Å². The summed E-state index contributed by atoms with van der Waals surface area (Å²) in [7, 11) is 1.70. The second-order valence-electron chi connectivity index (χ2n) is 5.32. The Morgan fingerprint density at radius 2 is 2.00 bits per heavy atom. The molecule has 3 rings (SSSR count). The van der Waals surface area contributed by atoms with Gasteiger partial charge < -0.3 is 9.47 Å². The number of halogens is 1. The molecule has 0 fully saturated rings. The number of hydrogen-bond donors (Lipinski definition) is 0. The Hall–Kier alpha value is -1.48. The topological polar surface area (TPSA) is 18.5 Å². The average molecular weight is 347 g/mol. The molecule has 2 aromatic rings. The van der Waals surface area contributed by atoms with Gasteiger partial charge in [0, 0.05) is 11.2 Å². The van der Waals surface area contributed by atoms with Crippen molar-refractivity contribution >= 4 is 15.9 Å². The Balaban J connectivity index is 1.61. The SMILES string of the molecule is COc1ccc(CCC(Br)c2ccc3c(c2)CCO3)cc1. The van der Waals surface area contributed by atoms with Gasteiger partial charge in [0.25, 0.3) is 0 Å². The Kier molecular flexibility index (Phi) is 4.49. The first-order chi connectivity index (χ1) is 10.3. The van der Waals surface area contributed by atoms with Crippen molar-refractivity contribution in [2.45, 2.75) is 24.1 Å². The molecule has 2 aromatic carbocycles.